The molecule has 0 radical (unpaired) electrons. The first-order valence-electron chi connectivity index (χ1n) is 11.4. The van der Waals surface area contributed by atoms with Crippen LogP contribution in [-0.2, 0) is 46.4 Å². The molecule has 178 valence electrons. The molecule has 7 heteroatoms. The van der Waals surface area contributed by atoms with Crippen LogP contribution in [0.4, 0.5) is 0 Å². The molecular weight excluding hydrogens is 424 g/mol. The average Bonchev–Trinajstić information content (AvgIpc) is 2.85. The zero-order valence-corrected chi connectivity index (χ0v) is 19.6. The van der Waals surface area contributed by atoms with Crippen LogP contribution in [0.25, 0.3) is 0 Å². The Balaban J connectivity index is 1.43. The SMILES string of the molecule is CO[C@@]1(C)O[C@H]2[C@H](O[C@]1(C)OC)[C@@H](COCc1ccccc1)O[C@H]1c3ccccc3CO[C@@H]21. The van der Waals surface area contributed by atoms with Gasteiger partial charge in [-0.25, -0.2) is 0 Å². The topological polar surface area (TPSA) is 64.6 Å². The van der Waals surface area contributed by atoms with E-state index in [0.717, 1.165) is 16.7 Å². The second kappa shape index (κ2) is 9.07. The predicted molar refractivity (Wildman–Crippen MR) is 119 cm³/mol. The second-order valence-electron chi connectivity index (χ2n) is 9.03. The van der Waals surface area contributed by atoms with Crippen LogP contribution in [0.15, 0.2) is 54.6 Å². The summed E-state index contributed by atoms with van der Waals surface area (Å²) in [6, 6.07) is 18.3. The molecular formula is C26H32O7. The van der Waals surface area contributed by atoms with E-state index >= 15 is 0 Å². The van der Waals surface area contributed by atoms with Crippen LogP contribution in [0, 0.1) is 0 Å². The van der Waals surface area contributed by atoms with E-state index < -0.39 is 23.8 Å². The zero-order chi connectivity index (χ0) is 23.1. The first-order chi connectivity index (χ1) is 16.0. The van der Waals surface area contributed by atoms with Crippen LogP contribution in [0.3, 0.4) is 0 Å². The van der Waals surface area contributed by atoms with Gasteiger partial charge in [0.05, 0.1) is 19.8 Å². The Bertz CT molecular complexity index is 953. The van der Waals surface area contributed by atoms with Gasteiger partial charge < -0.3 is 33.2 Å². The first-order valence-corrected chi connectivity index (χ1v) is 11.4. The summed E-state index contributed by atoms with van der Waals surface area (Å²) in [4.78, 5) is 0. The van der Waals surface area contributed by atoms with Crippen molar-refractivity contribution in [2.75, 3.05) is 20.8 Å². The van der Waals surface area contributed by atoms with Crippen LogP contribution in [-0.4, -0.2) is 56.8 Å². The van der Waals surface area contributed by atoms with Crippen molar-refractivity contribution in [2.45, 2.75) is 69.2 Å². The fourth-order valence-electron chi connectivity index (χ4n) is 4.95. The van der Waals surface area contributed by atoms with E-state index in [0.29, 0.717) is 19.8 Å². The lowest BCUT2D eigenvalue weighted by Gasteiger charge is -2.58. The summed E-state index contributed by atoms with van der Waals surface area (Å²) in [5, 5.41) is 0. The van der Waals surface area contributed by atoms with Crippen molar-refractivity contribution in [3.05, 3.63) is 71.3 Å². The Labute approximate surface area is 194 Å². The highest BCUT2D eigenvalue weighted by Gasteiger charge is 2.63. The van der Waals surface area contributed by atoms with Crippen LogP contribution in [0.5, 0.6) is 0 Å². The average molecular weight is 457 g/mol. The highest BCUT2D eigenvalue weighted by Crippen LogP contribution is 2.48. The maximum atomic E-state index is 6.61. The van der Waals surface area contributed by atoms with E-state index in [2.05, 4.69) is 12.1 Å². The lowest BCUT2D eigenvalue weighted by atomic mass is 9.85. The third-order valence-electron chi connectivity index (χ3n) is 7.15. The van der Waals surface area contributed by atoms with E-state index in [4.69, 9.17) is 33.2 Å². The van der Waals surface area contributed by atoms with Crippen LogP contribution in [0.1, 0.15) is 36.6 Å². The lowest BCUT2D eigenvalue weighted by molar-refractivity contribution is -0.475. The molecule has 3 aliphatic rings. The Morgan fingerprint density at radius 2 is 1.52 bits per heavy atom. The van der Waals surface area contributed by atoms with Crippen LogP contribution >= 0.6 is 0 Å². The standard InChI is InChI=1S/C26H32O7/c1-25(27-3)26(2,28-4)33-24-22(32-25)20(16-29-14-17-10-6-5-7-11-17)31-21-19-13-9-8-12-18(19)15-30-23(21)24/h5-13,20-24H,14-16H2,1-4H3/t20-,21+,22-,23-,24+,25+,26+/m1/s1. The summed E-state index contributed by atoms with van der Waals surface area (Å²) in [5.74, 6) is -2.26. The van der Waals surface area contributed by atoms with Gasteiger partial charge in [-0.1, -0.05) is 54.6 Å². The molecule has 0 spiro atoms. The number of hydrogen-bond donors (Lipinski definition) is 0. The number of rotatable bonds is 6. The third-order valence-corrected chi connectivity index (χ3v) is 7.15. The molecule has 0 aromatic heterocycles. The van der Waals surface area contributed by atoms with Crippen LogP contribution in [0.2, 0.25) is 0 Å². The maximum absolute atomic E-state index is 6.61. The maximum Gasteiger partial charge on any atom is 0.220 e. The van der Waals surface area contributed by atoms with Crippen molar-refractivity contribution >= 4 is 0 Å². The van der Waals surface area contributed by atoms with E-state index in [9.17, 15) is 0 Å². The molecule has 0 unspecified atom stereocenters. The molecule has 5 rings (SSSR count). The quantitative estimate of drug-likeness (QED) is 0.656. The van der Waals surface area contributed by atoms with Crippen molar-refractivity contribution in [1.82, 2.24) is 0 Å². The second-order valence-corrected chi connectivity index (χ2v) is 9.03. The lowest BCUT2D eigenvalue weighted by Crippen LogP contribution is -2.72. The Morgan fingerprint density at radius 1 is 0.848 bits per heavy atom. The molecule has 2 aromatic rings. The summed E-state index contributed by atoms with van der Waals surface area (Å²) in [6.07, 6.45) is -1.90. The minimum Gasteiger partial charge on any atom is -0.374 e. The number of ether oxygens (including phenoxy) is 7. The molecule has 7 nitrogen and oxygen atoms in total. The fourth-order valence-corrected chi connectivity index (χ4v) is 4.95. The molecule has 3 aliphatic heterocycles. The molecule has 2 fully saturated rings. The zero-order valence-electron chi connectivity index (χ0n) is 19.6. The molecule has 7 atom stereocenters. The highest BCUT2D eigenvalue weighted by molar-refractivity contribution is 5.32. The number of benzene rings is 2. The smallest absolute Gasteiger partial charge is 0.220 e. The summed E-state index contributed by atoms with van der Waals surface area (Å²) in [5.41, 5.74) is 3.33. The number of fused-ring (bicyclic) bond motifs is 5. The third kappa shape index (κ3) is 4.02. The Kier molecular flexibility index (Phi) is 6.30. The molecule has 3 heterocycles. The Morgan fingerprint density at radius 3 is 2.24 bits per heavy atom. The number of methoxy groups -OCH3 is 2. The van der Waals surface area contributed by atoms with Crippen molar-refractivity contribution in [3.63, 3.8) is 0 Å². The van der Waals surface area contributed by atoms with Gasteiger partial charge in [0.1, 0.15) is 30.5 Å². The van der Waals surface area contributed by atoms with Gasteiger partial charge in [0.25, 0.3) is 0 Å². The molecule has 2 aromatic carbocycles. The molecule has 0 amide bonds. The van der Waals surface area contributed by atoms with E-state index in [1.807, 2.05) is 56.3 Å². The molecule has 0 aliphatic carbocycles. The highest BCUT2D eigenvalue weighted by atomic mass is 16.8. The minimum absolute atomic E-state index is 0.293. The van der Waals surface area contributed by atoms with Gasteiger partial charge in [-0.3, -0.25) is 0 Å². The minimum atomic E-state index is -1.14. The Hall–Kier alpha value is -1.84. The molecule has 0 bridgehead atoms. The first kappa shape index (κ1) is 22.9. The van der Waals surface area contributed by atoms with Crippen molar-refractivity contribution in [1.29, 1.82) is 0 Å². The normalized spacial score (nSPS) is 37.6. The van der Waals surface area contributed by atoms with Gasteiger partial charge >= 0.3 is 0 Å². The van der Waals surface area contributed by atoms with Gasteiger partial charge in [-0.05, 0) is 30.5 Å². The van der Waals surface area contributed by atoms with Crippen molar-refractivity contribution in [2.24, 2.45) is 0 Å². The summed E-state index contributed by atoms with van der Waals surface area (Å²) in [7, 11) is 3.18. The van der Waals surface area contributed by atoms with Gasteiger partial charge in [0.15, 0.2) is 0 Å². The van der Waals surface area contributed by atoms with Crippen molar-refractivity contribution < 1.29 is 33.2 Å². The van der Waals surface area contributed by atoms with Crippen LogP contribution < -0.4 is 0 Å². The summed E-state index contributed by atoms with van der Waals surface area (Å²) < 4.78 is 43.6. The van der Waals surface area contributed by atoms with E-state index in [1.165, 1.54) is 0 Å². The largest absolute Gasteiger partial charge is 0.374 e. The number of hydrogen-bond acceptors (Lipinski definition) is 7. The molecule has 2 saturated heterocycles. The predicted octanol–water partition coefficient (Wildman–Crippen LogP) is 3.75. The van der Waals surface area contributed by atoms with Gasteiger partial charge in [0, 0.05) is 14.2 Å². The molecule has 0 saturated carbocycles. The summed E-state index contributed by atoms with van der Waals surface area (Å²) in [6.45, 7) is 4.96. The van der Waals surface area contributed by atoms with E-state index in [1.54, 1.807) is 14.2 Å². The monoisotopic (exact) mass is 456 g/mol. The van der Waals surface area contributed by atoms with Gasteiger partial charge in [-0.15, -0.1) is 0 Å². The fraction of sp³-hybridized carbons (Fsp3) is 0.538. The van der Waals surface area contributed by atoms with Gasteiger partial charge in [-0.2, -0.15) is 0 Å². The molecule has 0 N–H and O–H groups in total. The molecule has 33 heavy (non-hydrogen) atoms. The van der Waals surface area contributed by atoms with Crippen molar-refractivity contribution in [3.8, 4) is 0 Å². The van der Waals surface area contributed by atoms with E-state index in [-0.39, 0.29) is 18.3 Å². The summed E-state index contributed by atoms with van der Waals surface area (Å²) >= 11 is 0. The van der Waals surface area contributed by atoms with Gasteiger partial charge in [0.2, 0.25) is 11.6 Å².